The minimum atomic E-state index is -0.498. The minimum Gasteiger partial charge on any atom is -0.369 e. The molecule has 1 rings (SSSR count). The van der Waals surface area contributed by atoms with Gasteiger partial charge < -0.3 is 4.90 Å². The number of carbonyl (C=O) groups excluding carboxylic acids is 1. The van der Waals surface area contributed by atoms with Gasteiger partial charge in [-0.3, -0.25) is 19.9 Å². The van der Waals surface area contributed by atoms with Crippen molar-refractivity contribution in [2.24, 2.45) is 4.99 Å². The predicted molar refractivity (Wildman–Crippen MR) is 71.3 cm³/mol. The average molecular weight is 251 g/mol. The van der Waals surface area contributed by atoms with Gasteiger partial charge in [0.1, 0.15) is 6.29 Å². The number of hydrogen-bond donors (Lipinski definition) is 0. The van der Waals surface area contributed by atoms with Crippen molar-refractivity contribution >= 4 is 18.3 Å². The summed E-state index contributed by atoms with van der Waals surface area (Å²) in [6.07, 6.45) is 2.34. The Morgan fingerprint density at radius 1 is 1.39 bits per heavy atom. The molecule has 6 heteroatoms. The van der Waals surface area contributed by atoms with Crippen molar-refractivity contribution in [3.63, 3.8) is 0 Å². The molecule has 98 valence electrons. The Bertz CT molecular complexity index is 442. The van der Waals surface area contributed by atoms with Gasteiger partial charge in [-0.05, 0) is 6.92 Å². The normalized spacial score (nSPS) is 9.56. The Labute approximate surface area is 106 Å². The van der Waals surface area contributed by atoms with Crippen LogP contribution in [0.3, 0.4) is 0 Å². The molecule has 0 N–H and O–H groups in total. The molecule has 1 aromatic rings. The van der Waals surface area contributed by atoms with Crippen molar-refractivity contribution < 1.29 is 9.72 Å². The summed E-state index contributed by atoms with van der Waals surface area (Å²) in [4.78, 5) is 25.8. The number of nitrogens with zero attached hydrogens (tertiary/aromatic N) is 3. The maximum absolute atomic E-state index is 10.4. The minimum absolute atomic E-state index is 0.0143. The van der Waals surface area contributed by atoms with E-state index in [4.69, 9.17) is 0 Å². The molecule has 0 amide bonds. The van der Waals surface area contributed by atoms with Gasteiger partial charge in [0, 0.05) is 38.3 Å². The number of carbonyl (C=O) groups is 1. The molecule has 18 heavy (non-hydrogen) atoms. The molecule has 0 aliphatic rings. The molecule has 0 atom stereocenters. The first-order valence-electron chi connectivity index (χ1n) is 5.21. The van der Waals surface area contributed by atoms with Crippen molar-refractivity contribution in [2.75, 3.05) is 21.1 Å². The third-order valence-corrected chi connectivity index (χ3v) is 1.91. The van der Waals surface area contributed by atoms with Crippen LogP contribution in [0.5, 0.6) is 0 Å². The quantitative estimate of drug-likeness (QED) is 0.270. The lowest BCUT2D eigenvalue weighted by atomic mass is 10.1. The van der Waals surface area contributed by atoms with Crippen LogP contribution in [0.25, 0.3) is 0 Å². The van der Waals surface area contributed by atoms with Crippen LogP contribution < -0.4 is 0 Å². The number of nitro benzene ring substituents is 1. The number of aryl methyl sites for hydroxylation is 1. The average Bonchev–Trinajstić information content (AvgIpc) is 2.30. The van der Waals surface area contributed by atoms with Crippen LogP contribution in [0.1, 0.15) is 15.9 Å². The first-order chi connectivity index (χ1) is 8.42. The monoisotopic (exact) mass is 251 g/mol. The summed E-state index contributed by atoms with van der Waals surface area (Å²) in [6.45, 7) is 1.63. The summed E-state index contributed by atoms with van der Waals surface area (Å²) in [5, 5.41) is 10.4. The van der Waals surface area contributed by atoms with Crippen LogP contribution >= 0.6 is 0 Å². The molecular formula is C12H17N3O3. The van der Waals surface area contributed by atoms with Gasteiger partial charge in [-0.15, -0.1) is 0 Å². The molecule has 0 unspecified atom stereocenters. The predicted octanol–water partition coefficient (Wildman–Crippen LogP) is 1.92. The Kier molecular flexibility index (Phi) is 6.95. The highest BCUT2D eigenvalue weighted by Crippen LogP contribution is 2.17. The maximum atomic E-state index is 10.4. The van der Waals surface area contributed by atoms with Crippen LogP contribution in [0, 0.1) is 17.0 Å². The zero-order valence-corrected chi connectivity index (χ0v) is 11.0. The first kappa shape index (κ1) is 15.8. The molecule has 1 aromatic carbocycles. The highest BCUT2D eigenvalue weighted by molar-refractivity contribution is 5.76. The smallest absolute Gasteiger partial charge is 0.273 e. The largest absolute Gasteiger partial charge is 0.369 e. The zero-order chi connectivity index (χ0) is 14.1. The molecule has 0 aromatic heterocycles. The molecule has 0 heterocycles. The Morgan fingerprint density at radius 2 is 2.00 bits per heavy atom. The zero-order valence-electron chi connectivity index (χ0n) is 11.0. The van der Waals surface area contributed by atoms with E-state index in [2.05, 4.69) is 4.99 Å². The van der Waals surface area contributed by atoms with E-state index < -0.39 is 4.92 Å². The molecule has 0 aliphatic carbocycles. The van der Waals surface area contributed by atoms with E-state index in [1.54, 1.807) is 32.4 Å². The fourth-order valence-electron chi connectivity index (χ4n) is 1.13. The van der Waals surface area contributed by atoms with Crippen LogP contribution in [-0.4, -0.2) is 43.6 Å². The summed E-state index contributed by atoms with van der Waals surface area (Å²) in [7, 11) is 5.62. The Morgan fingerprint density at radius 3 is 2.33 bits per heavy atom. The van der Waals surface area contributed by atoms with Gasteiger partial charge >= 0.3 is 0 Å². The van der Waals surface area contributed by atoms with Gasteiger partial charge in [-0.1, -0.05) is 12.1 Å². The van der Waals surface area contributed by atoms with Crippen LogP contribution in [-0.2, 0) is 0 Å². The molecule has 6 nitrogen and oxygen atoms in total. The summed E-state index contributed by atoms with van der Waals surface area (Å²) in [5.41, 5.74) is 0.873. The van der Waals surface area contributed by atoms with E-state index in [1.165, 1.54) is 6.07 Å². The molecule has 0 radical (unpaired) electrons. The van der Waals surface area contributed by atoms with Crippen LogP contribution in [0.2, 0.25) is 0 Å². The Hall–Kier alpha value is -2.24. The molecule has 0 aliphatic heterocycles. The van der Waals surface area contributed by atoms with Gasteiger partial charge in [-0.2, -0.15) is 0 Å². The van der Waals surface area contributed by atoms with E-state index in [9.17, 15) is 14.9 Å². The van der Waals surface area contributed by atoms with Gasteiger partial charge in [-0.25, -0.2) is 0 Å². The van der Waals surface area contributed by atoms with Crippen molar-refractivity contribution in [2.45, 2.75) is 6.92 Å². The molecule has 0 fully saturated rings. The molecule has 0 spiro atoms. The van der Waals surface area contributed by atoms with Gasteiger partial charge in [0.15, 0.2) is 0 Å². The first-order valence-corrected chi connectivity index (χ1v) is 5.21. The lowest BCUT2D eigenvalue weighted by molar-refractivity contribution is -0.385. The second-order valence-electron chi connectivity index (χ2n) is 3.76. The lowest BCUT2D eigenvalue weighted by Crippen LogP contribution is -2.06. The molecule has 0 bridgehead atoms. The van der Waals surface area contributed by atoms with Gasteiger partial charge in [0.25, 0.3) is 5.69 Å². The standard InChI is InChI=1S/C8H7NO3.C4H10N2/c1-6-2-3-7(5-10)4-8(6)9(11)12;1-5-4-6(2)3/h2-5H,1H3;4H,1-3H3. The third-order valence-electron chi connectivity index (χ3n) is 1.91. The van der Waals surface area contributed by atoms with E-state index in [1.807, 2.05) is 19.0 Å². The van der Waals surface area contributed by atoms with Crippen LogP contribution in [0.4, 0.5) is 5.69 Å². The number of benzene rings is 1. The van der Waals surface area contributed by atoms with Crippen LogP contribution in [0.15, 0.2) is 23.2 Å². The third kappa shape index (κ3) is 5.74. The summed E-state index contributed by atoms with van der Waals surface area (Å²) in [5.74, 6) is 0. The topological polar surface area (TPSA) is 75.8 Å². The number of rotatable bonds is 3. The van der Waals surface area contributed by atoms with E-state index >= 15 is 0 Å². The van der Waals surface area contributed by atoms with E-state index in [0.717, 1.165) is 0 Å². The molecule has 0 saturated heterocycles. The number of aliphatic imine (C=N–C) groups is 1. The number of hydrogen-bond acceptors (Lipinski definition) is 4. The second-order valence-corrected chi connectivity index (χ2v) is 3.76. The molecular weight excluding hydrogens is 234 g/mol. The Balaban J connectivity index is 0.000000411. The van der Waals surface area contributed by atoms with E-state index in [0.29, 0.717) is 17.4 Å². The maximum Gasteiger partial charge on any atom is 0.273 e. The fraction of sp³-hybridized carbons (Fsp3) is 0.333. The van der Waals surface area contributed by atoms with Crippen molar-refractivity contribution in [3.05, 3.63) is 39.4 Å². The highest BCUT2D eigenvalue weighted by Gasteiger charge is 2.09. The van der Waals surface area contributed by atoms with Crippen molar-refractivity contribution in [1.29, 1.82) is 0 Å². The SMILES string of the molecule is CN=CN(C)C.Cc1ccc(C=O)cc1[N+](=O)[O-]. The van der Waals surface area contributed by atoms with Gasteiger partial charge in [0.05, 0.1) is 11.3 Å². The van der Waals surface area contributed by atoms with Gasteiger partial charge in [0.2, 0.25) is 0 Å². The molecule has 0 saturated carbocycles. The number of aldehydes is 1. The lowest BCUT2D eigenvalue weighted by Gasteiger charge is -1.98. The van der Waals surface area contributed by atoms with Crippen molar-refractivity contribution in [3.8, 4) is 0 Å². The van der Waals surface area contributed by atoms with Crippen molar-refractivity contribution in [1.82, 2.24) is 4.90 Å². The highest BCUT2D eigenvalue weighted by atomic mass is 16.6. The fourth-order valence-corrected chi connectivity index (χ4v) is 1.13. The summed E-state index contributed by atoms with van der Waals surface area (Å²) < 4.78 is 0. The summed E-state index contributed by atoms with van der Waals surface area (Å²) in [6, 6.07) is 4.37. The number of nitro groups is 1. The summed E-state index contributed by atoms with van der Waals surface area (Å²) >= 11 is 0. The van der Waals surface area contributed by atoms with E-state index in [-0.39, 0.29) is 5.69 Å². The second kappa shape index (κ2) is 7.94.